The van der Waals surface area contributed by atoms with Crippen LogP contribution in [-0.4, -0.2) is 10.9 Å². The van der Waals surface area contributed by atoms with Crippen molar-refractivity contribution in [2.45, 2.75) is 48.5 Å². The summed E-state index contributed by atoms with van der Waals surface area (Å²) >= 11 is 0. The third-order valence-corrected chi connectivity index (χ3v) is 4.48. The average molecular weight is 312 g/mol. The second-order valence-electron chi connectivity index (χ2n) is 8.61. The lowest BCUT2D eigenvalue weighted by Gasteiger charge is -2.36. The molecule has 0 aliphatic heterocycles. The van der Waals surface area contributed by atoms with Crippen LogP contribution in [0, 0.1) is 16.7 Å². The first-order chi connectivity index (χ1) is 10.4. The third-order valence-electron chi connectivity index (χ3n) is 4.48. The van der Waals surface area contributed by atoms with Crippen molar-refractivity contribution >= 4 is 5.78 Å². The van der Waals surface area contributed by atoms with E-state index in [1.165, 1.54) is 0 Å². The van der Waals surface area contributed by atoms with E-state index in [9.17, 15) is 9.90 Å². The topological polar surface area (TPSA) is 37.3 Å². The molecular formula is C21H28O2. The van der Waals surface area contributed by atoms with Gasteiger partial charge in [0.2, 0.25) is 0 Å². The van der Waals surface area contributed by atoms with Crippen LogP contribution >= 0.6 is 0 Å². The number of allylic oxidation sites excluding steroid dienone is 9. The Morgan fingerprint density at radius 2 is 1.61 bits per heavy atom. The molecule has 2 aliphatic rings. The molecule has 0 spiro atoms. The van der Waals surface area contributed by atoms with Gasteiger partial charge in [-0.25, -0.2) is 0 Å². The first-order valence-electron chi connectivity index (χ1n) is 8.19. The number of aliphatic hydroxyl groups is 1. The van der Waals surface area contributed by atoms with Gasteiger partial charge in [0.25, 0.3) is 0 Å². The molecule has 1 N–H and O–H groups in total. The Hall–Kier alpha value is -1.83. The van der Waals surface area contributed by atoms with Gasteiger partial charge >= 0.3 is 0 Å². The molecule has 124 valence electrons. The molecule has 0 aromatic rings. The van der Waals surface area contributed by atoms with E-state index in [4.69, 9.17) is 0 Å². The molecule has 1 atom stereocenters. The summed E-state index contributed by atoms with van der Waals surface area (Å²) in [6.07, 6.45) is 9.30. The van der Waals surface area contributed by atoms with Crippen molar-refractivity contribution in [1.82, 2.24) is 0 Å². The van der Waals surface area contributed by atoms with Gasteiger partial charge in [-0.15, -0.1) is 0 Å². The van der Waals surface area contributed by atoms with E-state index in [1.54, 1.807) is 12.2 Å². The molecule has 0 aromatic heterocycles. The molecule has 0 saturated heterocycles. The van der Waals surface area contributed by atoms with Gasteiger partial charge in [0.15, 0.2) is 5.78 Å². The Balaban J connectivity index is 2.69. The minimum atomic E-state index is -0.199. The van der Waals surface area contributed by atoms with Crippen LogP contribution < -0.4 is 0 Å². The molecule has 2 heteroatoms. The number of rotatable bonds is 0. The summed E-state index contributed by atoms with van der Waals surface area (Å²) < 4.78 is 0. The molecule has 0 radical (unpaired) electrons. The number of hydrogen-bond acceptors (Lipinski definition) is 2. The van der Waals surface area contributed by atoms with Crippen LogP contribution in [-0.2, 0) is 4.79 Å². The molecule has 0 fully saturated rings. The van der Waals surface area contributed by atoms with Crippen molar-refractivity contribution in [2.75, 3.05) is 0 Å². The molecular weight excluding hydrogens is 284 g/mol. The highest BCUT2D eigenvalue weighted by atomic mass is 16.3. The first kappa shape index (κ1) is 17.5. The summed E-state index contributed by atoms with van der Waals surface area (Å²) in [4.78, 5) is 12.2. The van der Waals surface area contributed by atoms with Gasteiger partial charge < -0.3 is 5.11 Å². The minimum absolute atomic E-state index is 0.0715. The molecule has 0 aromatic carbocycles. The highest BCUT2D eigenvalue weighted by Crippen LogP contribution is 2.44. The number of carbonyl (C=O) groups excluding carboxylic acids is 1. The summed E-state index contributed by atoms with van der Waals surface area (Å²) in [7, 11) is 0. The lowest BCUT2D eigenvalue weighted by atomic mass is 9.68. The fraction of sp³-hybridized carbons (Fsp3) is 0.476. The van der Waals surface area contributed by atoms with Gasteiger partial charge in [-0.3, -0.25) is 4.79 Å². The molecule has 2 nitrogen and oxygen atoms in total. The number of carbonyl (C=O) groups is 1. The maximum Gasteiger partial charge on any atom is 0.182 e. The average Bonchev–Trinajstić information content (AvgIpc) is 2.39. The van der Waals surface area contributed by atoms with Gasteiger partial charge in [-0.1, -0.05) is 53.7 Å². The van der Waals surface area contributed by atoms with E-state index >= 15 is 0 Å². The summed E-state index contributed by atoms with van der Waals surface area (Å²) in [5.74, 6) is 0.394. The Labute approximate surface area is 140 Å². The predicted octanol–water partition coefficient (Wildman–Crippen LogP) is 5.46. The maximum atomic E-state index is 12.2. The van der Waals surface area contributed by atoms with Gasteiger partial charge in [-0.05, 0) is 52.7 Å². The quantitative estimate of drug-likeness (QED) is 0.645. The fourth-order valence-corrected chi connectivity index (χ4v) is 3.33. The number of ketones is 1. The minimum Gasteiger partial charge on any atom is -0.512 e. The largest absolute Gasteiger partial charge is 0.512 e. The lowest BCUT2D eigenvalue weighted by Crippen LogP contribution is -2.28. The van der Waals surface area contributed by atoms with E-state index in [0.29, 0.717) is 5.76 Å². The van der Waals surface area contributed by atoms with Crippen molar-refractivity contribution in [3.05, 3.63) is 58.4 Å². The zero-order chi connectivity index (χ0) is 17.6. The highest BCUT2D eigenvalue weighted by Gasteiger charge is 2.36. The zero-order valence-electron chi connectivity index (χ0n) is 15.3. The summed E-state index contributed by atoms with van der Waals surface area (Å²) in [6.45, 7) is 14.6. The van der Waals surface area contributed by atoms with Gasteiger partial charge in [0.05, 0.1) is 0 Å². The zero-order valence-corrected chi connectivity index (χ0v) is 15.3. The SMILES string of the molecule is CC1=CC=C(O)C(C(C)(C)C)C1=C1C=CC(=O)C(C(C)(C)C)=C1. The van der Waals surface area contributed by atoms with Crippen molar-refractivity contribution in [3.8, 4) is 0 Å². The van der Waals surface area contributed by atoms with Crippen LogP contribution in [0.5, 0.6) is 0 Å². The smallest absolute Gasteiger partial charge is 0.182 e. The predicted molar refractivity (Wildman–Crippen MR) is 96.1 cm³/mol. The number of aliphatic hydroxyl groups excluding tert-OH is 1. The fourth-order valence-electron chi connectivity index (χ4n) is 3.33. The van der Waals surface area contributed by atoms with Crippen LogP contribution in [0.15, 0.2) is 58.4 Å². The van der Waals surface area contributed by atoms with E-state index in [2.05, 4.69) is 48.5 Å². The van der Waals surface area contributed by atoms with Crippen molar-refractivity contribution < 1.29 is 9.90 Å². The third kappa shape index (κ3) is 3.41. The normalized spacial score (nSPS) is 26.0. The molecule has 1 unspecified atom stereocenters. The van der Waals surface area contributed by atoms with Crippen molar-refractivity contribution in [2.24, 2.45) is 16.7 Å². The Morgan fingerprint density at radius 1 is 1.00 bits per heavy atom. The summed E-state index contributed by atoms with van der Waals surface area (Å²) in [5.41, 5.74) is 3.79. The van der Waals surface area contributed by atoms with Crippen molar-refractivity contribution in [3.63, 3.8) is 0 Å². The molecule has 2 rings (SSSR count). The van der Waals surface area contributed by atoms with Crippen LogP contribution in [0.25, 0.3) is 0 Å². The van der Waals surface area contributed by atoms with Gasteiger partial charge in [0.1, 0.15) is 5.76 Å². The highest BCUT2D eigenvalue weighted by molar-refractivity contribution is 6.07. The lowest BCUT2D eigenvalue weighted by molar-refractivity contribution is -0.112. The molecule has 0 amide bonds. The first-order valence-corrected chi connectivity index (χ1v) is 8.19. The van der Waals surface area contributed by atoms with Crippen LogP contribution in [0.4, 0.5) is 0 Å². The summed E-state index contributed by atoms with van der Waals surface area (Å²) in [6, 6.07) is 0. The summed E-state index contributed by atoms with van der Waals surface area (Å²) in [5, 5.41) is 10.5. The molecule has 23 heavy (non-hydrogen) atoms. The van der Waals surface area contributed by atoms with Gasteiger partial charge in [0, 0.05) is 11.5 Å². The molecule has 0 heterocycles. The van der Waals surface area contributed by atoms with E-state index < -0.39 is 0 Å². The van der Waals surface area contributed by atoms with E-state index in [-0.39, 0.29) is 22.5 Å². The number of hydrogen-bond donors (Lipinski definition) is 1. The van der Waals surface area contributed by atoms with Crippen molar-refractivity contribution in [1.29, 1.82) is 0 Å². The molecule has 0 bridgehead atoms. The maximum absolute atomic E-state index is 12.2. The van der Waals surface area contributed by atoms with E-state index in [0.717, 1.165) is 22.3 Å². The molecule has 2 aliphatic carbocycles. The van der Waals surface area contributed by atoms with Crippen LogP contribution in [0.2, 0.25) is 0 Å². The second-order valence-corrected chi connectivity index (χ2v) is 8.61. The van der Waals surface area contributed by atoms with Gasteiger partial charge in [-0.2, -0.15) is 0 Å². The Kier molecular flexibility index (Phi) is 4.32. The second kappa shape index (κ2) is 5.67. The van der Waals surface area contributed by atoms with E-state index in [1.807, 2.05) is 18.2 Å². The van der Waals surface area contributed by atoms with Crippen LogP contribution in [0.1, 0.15) is 48.5 Å². The monoisotopic (exact) mass is 312 g/mol. The van der Waals surface area contributed by atoms with Crippen LogP contribution in [0.3, 0.4) is 0 Å². The standard InChI is InChI=1S/C21H28O2/c1-13-8-10-17(23)19(21(5,6)7)18(13)14-9-11-16(22)15(12-14)20(2,3)4/h8-12,19,23H,1-7H3. The Morgan fingerprint density at radius 3 is 2.13 bits per heavy atom. The molecule has 0 saturated carbocycles. The Bertz CT molecular complexity index is 680.